The van der Waals surface area contributed by atoms with Crippen molar-refractivity contribution in [3.8, 4) is 22.6 Å². The normalized spacial score (nSPS) is 15.9. The van der Waals surface area contributed by atoms with Crippen molar-refractivity contribution in [1.82, 2.24) is 0 Å². The van der Waals surface area contributed by atoms with E-state index in [-0.39, 0.29) is 35.1 Å². The van der Waals surface area contributed by atoms with Gasteiger partial charge < -0.3 is 19.3 Å². The van der Waals surface area contributed by atoms with Crippen LogP contribution in [0.3, 0.4) is 0 Å². The molecule has 1 aliphatic carbocycles. The molecule has 0 saturated heterocycles. The number of ether oxygens (including phenoxy) is 3. The minimum atomic E-state index is -0.786. The smallest absolute Gasteiger partial charge is 0.303 e. The van der Waals surface area contributed by atoms with Gasteiger partial charge in [0.25, 0.3) is 0 Å². The van der Waals surface area contributed by atoms with Crippen molar-refractivity contribution in [3.63, 3.8) is 0 Å². The first kappa shape index (κ1) is 28.6. The molecule has 1 fully saturated rings. The number of carbonyl (C=O) groups is 1. The average Bonchev–Trinajstić information content (AvgIpc) is 3.64. The molecule has 0 unspecified atom stereocenters. The topological polar surface area (TPSA) is 65.0 Å². The van der Waals surface area contributed by atoms with Crippen molar-refractivity contribution in [1.29, 1.82) is 0 Å². The molecule has 0 bridgehead atoms. The third-order valence-corrected chi connectivity index (χ3v) is 7.81. The van der Waals surface area contributed by atoms with Gasteiger partial charge in [0.15, 0.2) is 0 Å². The summed E-state index contributed by atoms with van der Waals surface area (Å²) in [6, 6.07) is 18.4. The van der Waals surface area contributed by atoms with E-state index in [2.05, 4.69) is 27.7 Å². The van der Waals surface area contributed by atoms with Crippen molar-refractivity contribution in [3.05, 3.63) is 83.2 Å². The van der Waals surface area contributed by atoms with Crippen LogP contribution < -0.4 is 9.47 Å². The quantitative estimate of drug-likeness (QED) is 0.269. The van der Waals surface area contributed by atoms with E-state index in [9.17, 15) is 9.90 Å². The second kappa shape index (κ2) is 11.4. The number of carboxylic acid groups (broad SMARTS) is 1. The summed E-state index contributed by atoms with van der Waals surface area (Å²) in [5, 5.41) is 9.49. The lowest BCUT2D eigenvalue weighted by molar-refractivity contribution is -0.137. The maximum absolute atomic E-state index is 15.0. The van der Waals surface area contributed by atoms with Crippen LogP contribution in [0, 0.1) is 16.6 Å². The maximum atomic E-state index is 15.0. The molecule has 1 aliphatic rings. The van der Waals surface area contributed by atoms with E-state index in [0.717, 1.165) is 35.1 Å². The number of rotatable bonds is 11. The van der Waals surface area contributed by atoms with Crippen LogP contribution in [0.5, 0.6) is 11.5 Å². The molecule has 0 radical (unpaired) electrons. The number of methoxy groups -OCH3 is 2. The third-order valence-electron chi connectivity index (χ3n) is 7.81. The SMILES string of the molecule is COc1ccc(F)c(-c2ccc(COc3cccc([C@@H](CC(=O)O)C4(C)CC4)c3)cc2[C@@H](OC)C(C)(C)C)c1. The predicted octanol–water partition coefficient (Wildman–Crippen LogP) is 8.17. The van der Waals surface area contributed by atoms with Crippen LogP contribution in [-0.2, 0) is 16.1 Å². The van der Waals surface area contributed by atoms with Crippen molar-refractivity contribution in [2.24, 2.45) is 10.8 Å². The van der Waals surface area contributed by atoms with Crippen molar-refractivity contribution in [2.75, 3.05) is 14.2 Å². The standard InChI is InChI=1S/C33H39FO5/c1-32(2,3)31(38-6)27-16-21(10-12-25(27)26-18-23(37-5)11-13-29(26)34)20-39-24-9-7-8-22(17-24)28(19-30(35)36)33(4)14-15-33/h7-13,16-18,28,31H,14-15,19-20H2,1-6H3,(H,35,36)/t28-,31-/m1/s1. The molecule has 1 saturated carbocycles. The molecule has 0 spiro atoms. The van der Waals surface area contributed by atoms with Crippen molar-refractivity contribution in [2.45, 2.75) is 65.6 Å². The van der Waals surface area contributed by atoms with E-state index in [4.69, 9.17) is 14.2 Å². The summed E-state index contributed by atoms with van der Waals surface area (Å²) >= 11 is 0. The highest BCUT2D eigenvalue weighted by molar-refractivity contribution is 5.71. The molecular formula is C33H39FO5. The lowest BCUT2D eigenvalue weighted by atomic mass is 9.81. The Morgan fingerprint density at radius 3 is 2.36 bits per heavy atom. The fourth-order valence-electron chi connectivity index (χ4n) is 5.42. The number of hydrogen-bond acceptors (Lipinski definition) is 4. The van der Waals surface area contributed by atoms with Crippen LogP contribution >= 0.6 is 0 Å². The van der Waals surface area contributed by atoms with Gasteiger partial charge in [-0.1, -0.05) is 52.0 Å². The van der Waals surface area contributed by atoms with Gasteiger partial charge in [-0.05, 0) is 88.2 Å². The second-order valence-corrected chi connectivity index (χ2v) is 11.9. The largest absolute Gasteiger partial charge is 0.497 e. The highest BCUT2D eigenvalue weighted by atomic mass is 19.1. The first-order valence-corrected chi connectivity index (χ1v) is 13.4. The Hall–Kier alpha value is -3.38. The molecule has 5 nitrogen and oxygen atoms in total. The number of aliphatic carboxylic acids is 1. The second-order valence-electron chi connectivity index (χ2n) is 11.9. The van der Waals surface area contributed by atoms with Crippen molar-refractivity contribution < 1.29 is 28.5 Å². The van der Waals surface area contributed by atoms with Crippen LogP contribution in [0.1, 0.15) is 75.7 Å². The number of halogens is 1. The predicted molar refractivity (Wildman–Crippen MR) is 151 cm³/mol. The van der Waals surface area contributed by atoms with Gasteiger partial charge in [0.2, 0.25) is 0 Å². The van der Waals surface area contributed by atoms with Gasteiger partial charge in [-0.3, -0.25) is 4.79 Å². The van der Waals surface area contributed by atoms with E-state index < -0.39 is 5.97 Å². The lowest BCUT2D eigenvalue weighted by Gasteiger charge is -2.32. The summed E-state index contributed by atoms with van der Waals surface area (Å²) in [4.78, 5) is 11.6. The molecule has 2 atom stereocenters. The summed E-state index contributed by atoms with van der Waals surface area (Å²) in [5.41, 5.74) is 3.76. The zero-order valence-corrected chi connectivity index (χ0v) is 23.7. The van der Waals surface area contributed by atoms with Gasteiger partial charge in [0.05, 0.1) is 19.6 Å². The Bertz CT molecular complexity index is 1320. The van der Waals surface area contributed by atoms with Gasteiger partial charge in [0, 0.05) is 12.7 Å². The van der Waals surface area contributed by atoms with Crippen LogP contribution in [0.15, 0.2) is 60.7 Å². The van der Waals surface area contributed by atoms with Crippen LogP contribution in [0.2, 0.25) is 0 Å². The lowest BCUT2D eigenvalue weighted by Crippen LogP contribution is -2.21. The summed E-state index contributed by atoms with van der Waals surface area (Å²) in [5.74, 6) is 0.107. The molecule has 0 heterocycles. The van der Waals surface area contributed by atoms with E-state index in [1.165, 1.54) is 6.07 Å². The first-order valence-electron chi connectivity index (χ1n) is 13.4. The molecule has 0 aliphatic heterocycles. The molecule has 0 aromatic heterocycles. The average molecular weight is 535 g/mol. The highest BCUT2D eigenvalue weighted by Gasteiger charge is 2.46. The molecule has 208 valence electrons. The van der Waals surface area contributed by atoms with Gasteiger partial charge in [-0.2, -0.15) is 0 Å². The van der Waals surface area contributed by atoms with E-state index in [0.29, 0.717) is 23.7 Å². The zero-order valence-electron chi connectivity index (χ0n) is 23.7. The van der Waals surface area contributed by atoms with Crippen LogP contribution in [0.25, 0.3) is 11.1 Å². The molecule has 4 rings (SSSR count). The summed E-state index contributed by atoms with van der Waals surface area (Å²) in [6.07, 6.45) is 1.88. The monoisotopic (exact) mass is 534 g/mol. The highest BCUT2D eigenvalue weighted by Crippen LogP contribution is 2.57. The Kier molecular flexibility index (Phi) is 8.36. The fourth-order valence-corrected chi connectivity index (χ4v) is 5.42. The molecular weight excluding hydrogens is 495 g/mol. The summed E-state index contributed by atoms with van der Waals surface area (Å²) in [6.45, 7) is 8.74. The number of benzene rings is 3. The number of carboxylic acids is 1. The van der Waals surface area contributed by atoms with Gasteiger partial charge in [-0.15, -0.1) is 0 Å². The Morgan fingerprint density at radius 2 is 1.74 bits per heavy atom. The number of hydrogen-bond donors (Lipinski definition) is 1. The minimum Gasteiger partial charge on any atom is -0.497 e. The van der Waals surface area contributed by atoms with E-state index >= 15 is 4.39 Å². The molecule has 1 N–H and O–H groups in total. The Morgan fingerprint density at radius 1 is 1.00 bits per heavy atom. The Balaban J connectivity index is 1.65. The van der Waals surface area contributed by atoms with E-state index in [1.807, 2.05) is 42.5 Å². The van der Waals surface area contributed by atoms with Crippen LogP contribution in [-0.4, -0.2) is 25.3 Å². The molecule has 3 aromatic carbocycles. The summed E-state index contributed by atoms with van der Waals surface area (Å²) in [7, 11) is 3.24. The zero-order chi connectivity index (χ0) is 28.4. The van der Waals surface area contributed by atoms with Crippen molar-refractivity contribution >= 4 is 5.97 Å². The Labute approximate surface area is 230 Å². The summed E-state index contributed by atoms with van der Waals surface area (Å²) < 4.78 is 32.5. The van der Waals surface area contributed by atoms with Gasteiger partial charge in [0.1, 0.15) is 23.9 Å². The minimum absolute atomic E-state index is 0.0270. The van der Waals surface area contributed by atoms with E-state index in [1.54, 1.807) is 26.4 Å². The molecule has 6 heteroatoms. The maximum Gasteiger partial charge on any atom is 0.303 e. The third kappa shape index (κ3) is 6.62. The van der Waals surface area contributed by atoms with Crippen LogP contribution in [0.4, 0.5) is 4.39 Å². The van der Waals surface area contributed by atoms with Gasteiger partial charge in [-0.25, -0.2) is 4.39 Å². The first-order chi connectivity index (χ1) is 18.4. The van der Waals surface area contributed by atoms with Gasteiger partial charge >= 0.3 is 5.97 Å². The molecule has 39 heavy (non-hydrogen) atoms. The fraction of sp³-hybridized carbons (Fsp3) is 0.424. The molecule has 0 amide bonds. The molecule has 3 aromatic rings.